The lowest BCUT2D eigenvalue weighted by molar-refractivity contribution is -0.134. The molecule has 6 heteroatoms. The molecule has 1 aliphatic heterocycles. The molecule has 21 heavy (non-hydrogen) atoms. The normalized spacial score (nSPS) is 19.8. The van der Waals surface area contributed by atoms with E-state index in [9.17, 15) is 14.4 Å². The Kier molecular flexibility index (Phi) is 4.70. The third-order valence-corrected chi connectivity index (χ3v) is 3.40. The zero-order valence-electron chi connectivity index (χ0n) is 12.1. The summed E-state index contributed by atoms with van der Waals surface area (Å²) in [5.41, 5.74) is 1.68. The van der Waals surface area contributed by atoms with Crippen molar-refractivity contribution in [3.05, 3.63) is 29.8 Å². The molecular weight excluding hydrogens is 270 g/mol. The largest absolute Gasteiger partial charge is 0.326 e. The summed E-state index contributed by atoms with van der Waals surface area (Å²) in [4.78, 5) is 33.9. The fourth-order valence-electron chi connectivity index (χ4n) is 2.34. The van der Waals surface area contributed by atoms with Crippen LogP contribution in [0.2, 0.25) is 0 Å². The smallest absolute Gasteiger partial charge is 0.243 e. The lowest BCUT2D eigenvalue weighted by Gasteiger charge is -2.25. The van der Waals surface area contributed by atoms with Crippen molar-refractivity contribution in [3.63, 3.8) is 0 Å². The van der Waals surface area contributed by atoms with E-state index in [0.29, 0.717) is 12.8 Å². The highest BCUT2D eigenvalue weighted by atomic mass is 16.2. The molecule has 6 nitrogen and oxygen atoms in total. The molecule has 2 rings (SSSR count). The van der Waals surface area contributed by atoms with Gasteiger partial charge in [-0.3, -0.25) is 25.0 Å². The monoisotopic (exact) mass is 289 g/mol. The SMILES string of the molecule is CC(=O)Nc1cccc(C(C)NC2CCC(=O)NC2=O)c1. The van der Waals surface area contributed by atoms with Crippen LogP contribution >= 0.6 is 0 Å². The number of piperidine rings is 1. The van der Waals surface area contributed by atoms with Gasteiger partial charge in [0.2, 0.25) is 17.7 Å². The number of nitrogens with one attached hydrogen (secondary N) is 3. The van der Waals surface area contributed by atoms with Crippen LogP contribution in [0, 0.1) is 0 Å². The molecule has 1 heterocycles. The van der Waals surface area contributed by atoms with Gasteiger partial charge in [-0.2, -0.15) is 0 Å². The van der Waals surface area contributed by atoms with Crippen molar-refractivity contribution in [2.24, 2.45) is 0 Å². The third-order valence-electron chi connectivity index (χ3n) is 3.40. The van der Waals surface area contributed by atoms with Crippen molar-refractivity contribution < 1.29 is 14.4 Å². The Morgan fingerprint density at radius 1 is 1.38 bits per heavy atom. The molecule has 2 atom stereocenters. The van der Waals surface area contributed by atoms with E-state index in [1.54, 1.807) is 0 Å². The van der Waals surface area contributed by atoms with Gasteiger partial charge in [0.1, 0.15) is 0 Å². The van der Waals surface area contributed by atoms with E-state index in [0.717, 1.165) is 11.3 Å². The van der Waals surface area contributed by atoms with E-state index in [4.69, 9.17) is 0 Å². The molecule has 0 bridgehead atoms. The van der Waals surface area contributed by atoms with E-state index < -0.39 is 0 Å². The summed E-state index contributed by atoms with van der Waals surface area (Å²) in [5, 5.41) is 8.26. The minimum absolute atomic E-state index is 0.0670. The van der Waals surface area contributed by atoms with Crippen molar-refractivity contribution in [1.82, 2.24) is 10.6 Å². The van der Waals surface area contributed by atoms with Crippen LogP contribution in [-0.4, -0.2) is 23.8 Å². The molecule has 3 N–H and O–H groups in total. The van der Waals surface area contributed by atoms with Gasteiger partial charge in [0, 0.05) is 25.1 Å². The Hall–Kier alpha value is -2.21. The average Bonchev–Trinajstić information content (AvgIpc) is 2.41. The van der Waals surface area contributed by atoms with Gasteiger partial charge in [-0.15, -0.1) is 0 Å². The molecule has 0 spiro atoms. The Balaban J connectivity index is 2.02. The first-order valence-electron chi connectivity index (χ1n) is 6.93. The maximum absolute atomic E-state index is 11.7. The van der Waals surface area contributed by atoms with Gasteiger partial charge >= 0.3 is 0 Å². The number of anilines is 1. The molecule has 0 radical (unpaired) electrons. The summed E-state index contributed by atoms with van der Waals surface area (Å²) in [6.07, 6.45) is 0.850. The van der Waals surface area contributed by atoms with Crippen molar-refractivity contribution in [3.8, 4) is 0 Å². The van der Waals surface area contributed by atoms with E-state index in [-0.39, 0.29) is 29.8 Å². The van der Waals surface area contributed by atoms with Crippen LogP contribution in [-0.2, 0) is 14.4 Å². The van der Waals surface area contributed by atoms with Crippen LogP contribution in [0.4, 0.5) is 5.69 Å². The van der Waals surface area contributed by atoms with E-state index in [2.05, 4.69) is 16.0 Å². The van der Waals surface area contributed by atoms with Crippen LogP contribution in [0.25, 0.3) is 0 Å². The van der Waals surface area contributed by atoms with Crippen molar-refractivity contribution in [2.45, 2.75) is 38.8 Å². The Labute approximate surface area is 123 Å². The lowest BCUT2D eigenvalue weighted by atomic mass is 10.0. The maximum atomic E-state index is 11.7. The Morgan fingerprint density at radius 2 is 2.14 bits per heavy atom. The van der Waals surface area contributed by atoms with Crippen molar-refractivity contribution >= 4 is 23.4 Å². The van der Waals surface area contributed by atoms with Crippen molar-refractivity contribution in [1.29, 1.82) is 0 Å². The van der Waals surface area contributed by atoms with Crippen LogP contribution in [0.5, 0.6) is 0 Å². The van der Waals surface area contributed by atoms with Gasteiger partial charge in [-0.05, 0) is 31.0 Å². The average molecular weight is 289 g/mol. The Morgan fingerprint density at radius 3 is 2.81 bits per heavy atom. The van der Waals surface area contributed by atoms with Gasteiger partial charge < -0.3 is 5.32 Å². The van der Waals surface area contributed by atoms with Gasteiger partial charge in [0.25, 0.3) is 0 Å². The molecule has 1 aliphatic rings. The second-order valence-corrected chi connectivity index (χ2v) is 5.20. The topological polar surface area (TPSA) is 87.3 Å². The molecule has 1 fully saturated rings. The summed E-state index contributed by atoms with van der Waals surface area (Å²) < 4.78 is 0. The fraction of sp³-hybridized carbons (Fsp3) is 0.400. The van der Waals surface area contributed by atoms with Gasteiger partial charge in [0.15, 0.2) is 0 Å². The number of carbonyl (C=O) groups is 3. The summed E-state index contributed by atoms with van der Waals surface area (Å²) in [6, 6.07) is 7.01. The number of hydrogen-bond donors (Lipinski definition) is 3. The molecule has 112 valence electrons. The van der Waals surface area contributed by atoms with Gasteiger partial charge in [0.05, 0.1) is 6.04 Å². The van der Waals surface area contributed by atoms with Crippen LogP contribution in [0.3, 0.4) is 0 Å². The molecule has 1 aromatic rings. The molecule has 0 aromatic heterocycles. The molecule has 0 aliphatic carbocycles. The number of hydrogen-bond acceptors (Lipinski definition) is 4. The summed E-state index contributed by atoms with van der Waals surface area (Å²) >= 11 is 0. The predicted octanol–water partition coefficient (Wildman–Crippen LogP) is 1.10. The number of rotatable bonds is 4. The maximum Gasteiger partial charge on any atom is 0.243 e. The Bertz CT molecular complexity index is 571. The second kappa shape index (κ2) is 6.49. The second-order valence-electron chi connectivity index (χ2n) is 5.20. The van der Waals surface area contributed by atoms with E-state index >= 15 is 0 Å². The number of imide groups is 1. The first-order chi connectivity index (χ1) is 9.95. The molecular formula is C15H19N3O3. The highest BCUT2D eigenvalue weighted by Gasteiger charge is 2.27. The van der Waals surface area contributed by atoms with Gasteiger partial charge in [-0.1, -0.05) is 12.1 Å². The standard InChI is InChI=1S/C15H19N3O3/c1-9(16-13-6-7-14(20)18-15(13)21)11-4-3-5-12(8-11)17-10(2)19/h3-5,8-9,13,16H,6-7H2,1-2H3,(H,17,19)(H,18,20,21). The fourth-order valence-corrected chi connectivity index (χ4v) is 2.34. The van der Waals surface area contributed by atoms with Crippen LogP contribution in [0.15, 0.2) is 24.3 Å². The first-order valence-corrected chi connectivity index (χ1v) is 6.93. The molecule has 3 amide bonds. The highest BCUT2D eigenvalue weighted by molar-refractivity contribution is 6.00. The lowest BCUT2D eigenvalue weighted by Crippen LogP contribution is -2.51. The zero-order chi connectivity index (χ0) is 15.4. The summed E-state index contributed by atoms with van der Waals surface area (Å²) in [5.74, 6) is -0.632. The van der Waals surface area contributed by atoms with Crippen LogP contribution in [0.1, 0.15) is 38.3 Å². The number of amides is 3. The number of benzene rings is 1. The van der Waals surface area contributed by atoms with E-state index in [1.807, 2.05) is 31.2 Å². The van der Waals surface area contributed by atoms with Gasteiger partial charge in [-0.25, -0.2) is 0 Å². The summed E-state index contributed by atoms with van der Waals surface area (Å²) in [6.45, 7) is 3.40. The minimum Gasteiger partial charge on any atom is -0.326 e. The molecule has 0 saturated carbocycles. The number of carbonyl (C=O) groups excluding carboxylic acids is 3. The van der Waals surface area contributed by atoms with Crippen LogP contribution < -0.4 is 16.0 Å². The quantitative estimate of drug-likeness (QED) is 0.724. The van der Waals surface area contributed by atoms with E-state index in [1.165, 1.54) is 6.92 Å². The van der Waals surface area contributed by atoms with Crippen molar-refractivity contribution in [2.75, 3.05) is 5.32 Å². The first kappa shape index (κ1) is 15.2. The minimum atomic E-state index is -0.373. The molecule has 1 saturated heterocycles. The molecule has 2 unspecified atom stereocenters. The highest BCUT2D eigenvalue weighted by Crippen LogP contribution is 2.19. The predicted molar refractivity (Wildman–Crippen MR) is 78.5 cm³/mol. The zero-order valence-corrected chi connectivity index (χ0v) is 12.1. The third kappa shape index (κ3) is 4.13. The summed E-state index contributed by atoms with van der Waals surface area (Å²) in [7, 11) is 0. The molecule has 1 aromatic carbocycles.